The third kappa shape index (κ3) is 2.87. The summed E-state index contributed by atoms with van der Waals surface area (Å²) < 4.78 is 37.9. The second kappa shape index (κ2) is 4.54. The van der Waals surface area contributed by atoms with Crippen molar-refractivity contribution in [2.45, 2.75) is 12.2 Å². The fraction of sp³-hybridized carbons (Fsp3) is 0.375. The number of halogens is 1. The number of nitrogens with one attached hydrogen (secondary N) is 1. The van der Waals surface area contributed by atoms with Crippen LogP contribution in [0.15, 0.2) is 18.5 Å². The zero-order valence-electron chi connectivity index (χ0n) is 8.01. The predicted octanol–water partition coefficient (Wildman–Crippen LogP) is 0.343. The standard InChI is InChI=1S/C8H11FN2O3S/c1-6(5-12)15(13,14)11-8-2-3-10-4-7(8)9/h2-4,6,12H,5H2,1H3,(H,10,11). The van der Waals surface area contributed by atoms with Crippen LogP contribution in [0.5, 0.6) is 0 Å². The summed E-state index contributed by atoms with van der Waals surface area (Å²) in [4.78, 5) is 3.48. The molecule has 0 saturated carbocycles. The van der Waals surface area contributed by atoms with E-state index in [0.29, 0.717) is 0 Å². The summed E-state index contributed by atoms with van der Waals surface area (Å²) in [6.45, 7) is 0.795. The number of anilines is 1. The minimum Gasteiger partial charge on any atom is -0.395 e. The molecule has 0 radical (unpaired) electrons. The molecular formula is C8H11FN2O3S. The lowest BCUT2D eigenvalue weighted by Crippen LogP contribution is -2.28. The van der Waals surface area contributed by atoms with E-state index in [9.17, 15) is 12.8 Å². The highest BCUT2D eigenvalue weighted by Crippen LogP contribution is 2.14. The van der Waals surface area contributed by atoms with Gasteiger partial charge in [0.1, 0.15) is 5.25 Å². The number of nitrogens with zero attached hydrogens (tertiary/aromatic N) is 1. The Labute approximate surface area is 87.0 Å². The molecule has 0 saturated heterocycles. The summed E-state index contributed by atoms with van der Waals surface area (Å²) in [5, 5.41) is 7.70. The van der Waals surface area contributed by atoms with Gasteiger partial charge in [0, 0.05) is 6.20 Å². The molecule has 0 fully saturated rings. The monoisotopic (exact) mass is 234 g/mol. The van der Waals surface area contributed by atoms with Crippen LogP contribution in [-0.2, 0) is 10.0 Å². The maximum absolute atomic E-state index is 13.0. The molecular weight excluding hydrogens is 223 g/mol. The molecule has 0 aliphatic carbocycles. The molecule has 0 aromatic carbocycles. The number of rotatable bonds is 4. The Balaban J connectivity index is 2.92. The molecule has 1 aromatic heterocycles. The Morgan fingerprint density at radius 2 is 2.33 bits per heavy atom. The largest absolute Gasteiger partial charge is 0.395 e. The molecule has 2 N–H and O–H groups in total. The van der Waals surface area contributed by atoms with Crippen LogP contribution < -0.4 is 4.72 Å². The van der Waals surface area contributed by atoms with Gasteiger partial charge in [-0.15, -0.1) is 0 Å². The third-order valence-corrected chi connectivity index (χ3v) is 3.52. The zero-order chi connectivity index (χ0) is 11.5. The van der Waals surface area contributed by atoms with Crippen LogP contribution >= 0.6 is 0 Å². The van der Waals surface area contributed by atoms with E-state index < -0.39 is 27.7 Å². The van der Waals surface area contributed by atoms with E-state index in [1.54, 1.807) is 0 Å². The summed E-state index contributed by atoms with van der Waals surface area (Å²) in [5.41, 5.74) is -0.176. The van der Waals surface area contributed by atoms with Crippen molar-refractivity contribution < 1.29 is 17.9 Å². The number of hydrogen-bond donors (Lipinski definition) is 2. The van der Waals surface area contributed by atoms with Crippen LogP contribution in [0, 0.1) is 5.82 Å². The van der Waals surface area contributed by atoms with Gasteiger partial charge in [0.05, 0.1) is 18.5 Å². The van der Waals surface area contributed by atoms with Gasteiger partial charge in [-0.3, -0.25) is 9.71 Å². The highest BCUT2D eigenvalue weighted by atomic mass is 32.2. The predicted molar refractivity (Wildman–Crippen MR) is 53.3 cm³/mol. The Morgan fingerprint density at radius 1 is 1.67 bits per heavy atom. The van der Waals surface area contributed by atoms with Crippen LogP contribution in [0.2, 0.25) is 0 Å². The van der Waals surface area contributed by atoms with E-state index in [0.717, 1.165) is 6.20 Å². The fourth-order valence-electron chi connectivity index (χ4n) is 0.810. The molecule has 1 unspecified atom stereocenters. The average Bonchev–Trinajstić information content (AvgIpc) is 2.20. The Kier molecular flexibility index (Phi) is 3.59. The molecule has 1 rings (SSSR count). The smallest absolute Gasteiger partial charge is 0.237 e. The quantitative estimate of drug-likeness (QED) is 0.787. The lowest BCUT2D eigenvalue weighted by Gasteiger charge is -2.12. The fourth-order valence-corrected chi connectivity index (χ4v) is 1.68. The molecule has 1 atom stereocenters. The topological polar surface area (TPSA) is 79.3 Å². The van der Waals surface area contributed by atoms with Crippen molar-refractivity contribution in [3.05, 3.63) is 24.3 Å². The van der Waals surface area contributed by atoms with Crippen LogP contribution in [0.25, 0.3) is 0 Å². The maximum Gasteiger partial charge on any atom is 0.237 e. The zero-order valence-corrected chi connectivity index (χ0v) is 8.83. The highest BCUT2D eigenvalue weighted by molar-refractivity contribution is 7.93. The van der Waals surface area contributed by atoms with Crippen molar-refractivity contribution in [1.29, 1.82) is 0 Å². The van der Waals surface area contributed by atoms with Crippen molar-refractivity contribution >= 4 is 15.7 Å². The second-order valence-electron chi connectivity index (χ2n) is 3.00. The van der Waals surface area contributed by atoms with E-state index in [2.05, 4.69) is 4.98 Å². The van der Waals surface area contributed by atoms with Crippen LogP contribution in [0.4, 0.5) is 10.1 Å². The summed E-state index contributed by atoms with van der Waals surface area (Å²) in [7, 11) is -3.75. The van der Waals surface area contributed by atoms with E-state index in [4.69, 9.17) is 5.11 Å². The van der Waals surface area contributed by atoms with Gasteiger partial charge in [0.15, 0.2) is 5.82 Å². The maximum atomic E-state index is 13.0. The first kappa shape index (κ1) is 11.9. The molecule has 0 aliphatic rings. The van der Waals surface area contributed by atoms with Crippen LogP contribution in [0.3, 0.4) is 0 Å². The van der Waals surface area contributed by atoms with Crippen LogP contribution in [-0.4, -0.2) is 30.4 Å². The first-order valence-electron chi connectivity index (χ1n) is 4.19. The van der Waals surface area contributed by atoms with Gasteiger partial charge in [0.2, 0.25) is 10.0 Å². The molecule has 1 heterocycles. The van der Waals surface area contributed by atoms with E-state index in [1.165, 1.54) is 19.2 Å². The lowest BCUT2D eigenvalue weighted by atomic mass is 10.4. The number of aromatic nitrogens is 1. The van der Waals surface area contributed by atoms with Gasteiger partial charge >= 0.3 is 0 Å². The summed E-state index contributed by atoms with van der Waals surface area (Å²) >= 11 is 0. The molecule has 15 heavy (non-hydrogen) atoms. The second-order valence-corrected chi connectivity index (χ2v) is 5.09. The van der Waals surface area contributed by atoms with Gasteiger partial charge in [-0.05, 0) is 13.0 Å². The third-order valence-electron chi connectivity index (χ3n) is 1.81. The molecule has 1 aromatic rings. The highest BCUT2D eigenvalue weighted by Gasteiger charge is 2.20. The van der Waals surface area contributed by atoms with Gasteiger partial charge in [-0.25, -0.2) is 12.8 Å². The SMILES string of the molecule is CC(CO)S(=O)(=O)Nc1ccncc1F. The van der Waals surface area contributed by atoms with Crippen molar-refractivity contribution in [3.8, 4) is 0 Å². The summed E-state index contributed by atoms with van der Waals surface area (Å²) in [6.07, 6.45) is 2.17. The summed E-state index contributed by atoms with van der Waals surface area (Å²) in [6, 6.07) is 1.21. The minimum absolute atomic E-state index is 0.176. The normalized spacial score (nSPS) is 13.5. The molecule has 0 bridgehead atoms. The average molecular weight is 234 g/mol. The number of pyridine rings is 1. The van der Waals surface area contributed by atoms with Crippen LogP contribution in [0.1, 0.15) is 6.92 Å². The van der Waals surface area contributed by atoms with E-state index in [-0.39, 0.29) is 5.69 Å². The van der Waals surface area contributed by atoms with E-state index >= 15 is 0 Å². The number of aliphatic hydroxyl groups excluding tert-OH is 1. The first-order chi connectivity index (χ1) is 6.97. The molecule has 84 valence electrons. The van der Waals surface area contributed by atoms with Crippen molar-refractivity contribution in [1.82, 2.24) is 4.98 Å². The number of sulfonamides is 1. The molecule has 0 spiro atoms. The number of hydrogen-bond acceptors (Lipinski definition) is 4. The summed E-state index contributed by atoms with van der Waals surface area (Å²) in [5.74, 6) is -0.758. The Morgan fingerprint density at radius 3 is 2.87 bits per heavy atom. The molecule has 0 amide bonds. The minimum atomic E-state index is -3.75. The van der Waals surface area contributed by atoms with E-state index in [1.807, 2.05) is 4.72 Å². The van der Waals surface area contributed by atoms with Crippen molar-refractivity contribution in [3.63, 3.8) is 0 Å². The molecule has 5 nitrogen and oxygen atoms in total. The molecule has 7 heteroatoms. The first-order valence-corrected chi connectivity index (χ1v) is 5.74. The Hall–Kier alpha value is -1.21. The van der Waals surface area contributed by atoms with Crippen molar-refractivity contribution in [2.75, 3.05) is 11.3 Å². The van der Waals surface area contributed by atoms with Gasteiger partial charge in [-0.2, -0.15) is 0 Å². The van der Waals surface area contributed by atoms with Gasteiger partial charge < -0.3 is 5.11 Å². The van der Waals surface area contributed by atoms with Gasteiger partial charge in [0.25, 0.3) is 0 Å². The lowest BCUT2D eigenvalue weighted by molar-refractivity contribution is 0.296. The van der Waals surface area contributed by atoms with Gasteiger partial charge in [-0.1, -0.05) is 0 Å². The Bertz CT molecular complexity index is 435. The van der Waals surface area contributed by atoms with Crippen molar-refractivity contribution in [2.24, 2.45) is 0 Å². The number of aliphatic hydroxyl groups is 1. The molecule has 0 aliphatic heterocycles.